The molecule has 0 amide bonds. The summed E-state index contributed by atoms with van der Waals surface area (Å²) in [7, 11) is 3.74. The van der Waals surface area contributed by atoms with Crippen LogP contribution in [0.25, 0.3) is 0 Å². The zero-order valence-corrected chi connectivity index (χ0v) is 12.3. The van der Waals surface area contributed by atoms with Gasteiger partial charge in [0.25, 0.3) is 0 Å². The van der Waals surface area contributed by atoms with Gasteiger partial charge in [-0.2, -0.15) is 5.10 Å². The summed E-state index contributed by atoms with van der Waals surface area (Å²) in [5.74, 6) is 0.904. The van der Waals surface area contributed by atoms with E-state index < -0.39 is 0 Å². The zero-order valence-electron chi connectivity index (χ0n) is 12.3. The number of aryl methyl sites for hydroxylation is 2. The normalized spacial score (nSPS) is 17.6. The molecule has 4 heteroatoms. The maximum absolute atomic E-state index is 5.48. The van der Waals surface area contributed by atoms with Gasteiger partial charge in [0.15, 0.2) is 0 Å². The van der Waals surface area contributed by atoms with Gasteiger partial charge < -0.3 is 10.1 Å². The van der Waals surface area contributed by atoms with Crippen LogP contribution < -0.4 is 10.1 Å². The predicted molar refractivity (Wildman–Crippen MR) is 80.2 cm³/mol. The van der Waals surface area contributed by atoms with Crippen LogP contribution in [0.4, 0.5) is 5.69 Å². The number of hydrogen-bond acceptors (Lipinski definition) is 3. The number of fused-ring (bicyclic) bond motifs is 1. The van der Waals surface area contributed by atoms with Crippen molar-refractivity contribution in [2.45, 2.75) is 32.2 Å². The molecule has 0 saturated carbocycles. The fourth-order valence-electron chi connectivity index (χ4n) is 2.96. The molecule has 1 aliphatic carbocycles. The Balaban J connectivity index is 1.89. The lowest BCUT2D eigenvalue weighted by Crippen LogP contribution is -2.18. The summed E-state index contributed by atoms with van der Waals surface area (Å²) in [6.07, 6.45) is 5.44. The summed E-state index contributed by atoms with van der Waals surface area (Å²) in [6.45, 7) is 2.08. The van der Waals surface area contributed by atoms with E-state index >= 15 is 0 Å². The molecule has 2 aromatic rings. The Morgan fingerprint density at radius 3 is 3.05 bits per heavy atom. The summed E-state index contributed by atoms with van der Waals surface area (Å²) in [6, 6.07) is 6.59. The number of aromatic nitrogens is 2. The number of rotatable bonds is 3. The number of ether oxygens (including phenoxy) is 1. The molecule has 3 rings (SSSR count). The third kappa shape index (κ3) is 2.26. The molecule has 1 aromatic carbocycles. The Labute approximate surface area is 119 Å². The average Bonchev–Trinajstić information content (AvgIpc) is 2.84. The minimum Gasteiger partial charge on any atom is -0.495 e. The molecule has 1 atom stereocenters. The molecule has 1 aliphatic rings. The molecule has 106 valence electrons. The second kappa shape index (κ2) is 5.19. The second-order valence-corrected chi connectivity index (χ2v) is 5.46. The van der Waals surface area contributed by atoms with Crippen molar-refractivity contribution in [2.75, 3.05) is 12.4 Å². The van der Waals surface area contributed by atoms with Gasteiger partial charge in [0, 0.05) is 18.3 Å². The van der Waals surface area contributed by atoms with Crippen LogP contribution in [-0.4, -0.2) is 16.9 Å². The fraction of sp³-hybridized carbons (Fsp3) is 0.438. The van der Waals surface area contributed by atoms with Crippen molar-refractivity contribution < 1.29 is 4.74 Å². The minimum absolute atomic E-state index is 0.323. The Morgan fingerprint density at radius 1 is 1.40 bits per heavy atom. The molecular formula is C16H21N3O. The molecule has 0 radical (unpaired) electrons. The Hall–Kier alpha value is -1.97. The van der Waals surface area contributed by atoms with Crippen LogP contribution in [0.15, 0.2) is 24.4 Å². The van der Waals surface area contributed by atoms with Crippen molar-refractivity contribution in [1.29, 1.82) is 0 Å². The monoisotopic (exact) mass is 271 g/mol. The first-order valence-corrected chi connectivity index (χ1v) is 7.11. The van der Waals surface area contributed by atoms with E-state index in [0.717, 1.165) is 24.3 Å². The first-order valence-electron chi connectivity index (χ1n) is 7.11. The summed E-state index contributed by atoms with van der Waals surface area (Å²) in [5.41, 5.74) is 4.93. The van der Waals surface area contributed by atoms with Crippen LogP contribution in [0.2, 0.25) is 0 Å². The second-order valence-electron chi connectivity index (χ2n) is 5.46. The Bertz CT molecular complexity index is 618. The predicted octanol–water partition coefficient (Wildman–Crippen LogP) is 3.23. The van der Waals surface area contributed by atoms with Crippen LogP contribution >= 0.6 is 0 Å². The number of nitrogens with zero attached hydrogens (tertiary/aromatic N) is 2. The van der Waals surface area contributed by atoms with Gasteiger partial charge in [-0.1, -0.05) is 6.07 Å². The van der Waals surface area contributed by atoms with Crippen LogP contribution in [0.3, 0.4) is 0 Å². The van der Waals surface area contributed by atoms with Crippen molar-refractivity contribution in [1.82, 2.24) is 9.78 Å². The molecule has 1 unspecified atom stereocenters. The van der Waals surface area contributed by atoms with Crippen molar-refractivity contribution >= 4 is 5.69 Å². The molecule has 0 aliphatic heterocycles. The third-order valence-corrected chi connectivity index (χ3v) is 4.06. The van der Waals surface area contributed by atoms with Gasteiger partial charge in [0.05, 0.1) is 25.0 Å². The highest BCUT2D eigenvalue weighted by Gasteiger charge is 2.23. The maximum atomic E-state index is 5.48. The highest BCUT2D eigenvalue weighted by atomic mass is 16.5. The molecular weight excluding hydrogens is 250 g/mol. The summed E-state index contributed by atoms with van der Waals surface area (Å²) in [5, 5.41) is 8.01. The summed E-state index contributed by atoms with van der Waals surface area (Å²) in [4.78, 5) is 0. The molecule has 20 heavy (non-hydrogen) atoms. The number of benzene rings is 1. The highest BCUT2D eigenvalue weighted by Crippen LogP contribution is 2.35. The quantitative estimate of drug-likeness (QED) is 0.931. The number of nitrogens with one attached hydrogen (secondary N) is 1. The van der Waals surface area contributed by atoms with Crippen molar-refractivity contribution in [2.24, 2.45) is 7.05 Å². The van der Waals surface area contributed by atoms with Crippen molar-refractivity contribution in [3.63, 3.8) is 0 Å². The van der Waals surface area contributed by atoms with E-state index in [1.807, 2.05) is 17.9 Å². The van der Waals surface area contributed by atoms with Crippen LogP contribution in [0.5, 0.6) is 5.75 Å². The molecule has 1 N–H and O–H groups in total. The molecule has 1 heterocycles. The molecule has 0 bridgehead atoms. The molecule has 0 saturated heterocycles. The SMILES string of the molecule is COc1cc(C)ccc1NC1CCCc2c1cnn2C. The van der Waals surface area contributed by atoms with E-state index in [-0.39, 0.29) is 0 Å². The Kier molecular flexibility index (Phi) is 3.38. The van der Waals surface area contributed by atoms with Gasteiger partial charge >= 0.3 is 0 Å². The van der Waals surface area contributed by atoms with Crippen LogP contribution in [0, 0.1) is 6.92 Å². The van der Waals surface area contributed by atoms with E-state index in [1.54, 1.807) is 7.11 Å². The van der Waals surface area contributed by atoms with E-state index in [0.29, 0.717) is 6.04 Å². The first-order chi connectivity index (χ1) is 9.69. The van der Waals surface area contributed by atoms with Gasteiger partial charge in [-0.15, -0.1) is 0 Å². The lowest BCUT2D eigenvalue weighted by atomic mass is 9.92. The third-order valence-electron chi connectivity index (χ3n) is 4.06. The van der Waals surface area contributed by atoms with E-state index in [4.69, 9.17) is 4.74 Å². The van der Waals surface area contributed by atoms with Gasteiger partial charge in [-0.05, 0) is 43.9 Å². The Morgan fingerprint density at radius 2 is 2.25 bits per heavy atom. The van der Waals surface area contributed by atoms with Gasteiger partial charge in [-0.25, -0.2) is 0 Å². The van der Waals surface area contributed by atoms with E-state index in [1.165, 1.54) is 23.2 Å². The number of hydrogen-bond donors (Lipinski definition) is 1. The van der Waals surface area contributed by atoms with Crippen molar-refractivity contribution in [3.8, 4) is 5.75 Å². The standard InChI is InChI=1S/C16H21N3O/c1-11-7-8-14(16(9-11)20-3)18-13-5-4-6-15-12(13)10-17-19(15)2/h7-10,13,18H,4-6H2,1-3H3. The number of anilines is 1. The van der Waals surface area contributed by atoms with Gasteiger partial charge in [-0.3, -0.25) is 4.68 Å². The first kappa shape index (κ1) is 13.0. The van der Waals surface area contributed by atoms with E-state index in [2.05, 4.69) is 35.5 Å². The topological polar surface area (TPSA) is 39.1 Å². The van der Waals surface area contributed by atoms with Gasteiger partial charge in [0.2, 0.25) is 0 Å². The van der Waals surface area contributed by atoms with Crippen LogP contribution in [-0.2, 0) is 13.5 Å². The average molecular weight is 271 g/mol. The van der Waals surface area contributed by atoms with Crippen molar-refractivity contribution in [3.05, 3.63) is 41.2 Å². The molecule has 0 fully saturated rings. The summed E-state index contributed by atoms with van der Waals surface area (Å²) >= 11 is 0. The highest BCUT2D eigenvalue weighted by molar-refractivity contribution is 5.59. The minimum atomic E-state index is 0.323. The number of methoxy groups -OCH3 is 1. The zero-order chi connectivity index (χ0) is 14.1. The molecule has 1 aromatic heterocycles. The van der Waals surface area contributed by atoms with Gasteiger partial charge in [0.1, 0.15) is 5.75 Å². The summed E-state index contributed by atoms with van der Waals surface area (Å²) < 4.78 is 7.47. The largest absolute Gasteiger partial charge is 0.495 e. The fourth-order valence-corrected chi connectivity index (χ4v) is 2.96. The van der Waals surface area contributed by atoms with E-state index in [9.17, 15) is 0 Å². The lowest BCUT2D eigenvalue weighted by molar-refractivity contribution is 0.415. The van der Waals surface area contributed by atoms with Crippen LogP contribution in [0.1, 0.15) is 35.7 Å². The smallest absolute Gasteiger partial charge is 0.142 e. The maximum Gasteiger partial charge on any atom is 0.142 e. The molecule has 4 nitrogen and oxygen atoms in total. The lowest BCUT2D eigenvalue weighted by Gasteiger charge is -2.25. The molecule has 0 spiro atoms.